The molecule has 0 aliphatic carbocycles. The standard InChI is InChI=1S/C16H18N4O2/c1-2-13(9-17-5-1)22-14-8-16(21-10-14)4-7-20(11-16)15-3-6-18-12-19-15/h1-3,5-6,9,12,14H,4,7-8,10-11H2. The molecule has 4 heterocycles. The highest BCUT2D eigenvalue weighted by Gasteiger charge is 2.46. The molecule has 2 atom stereocenters. The summed E-state index contributed by atoms with van der Waals surface area (Å²) in [6.07, 6.45) is 8.85. The van der Waals surface area contributed by atoms with Crippen LogP contribution in [0.25, 0.3) is 0 Å². The first kappa shape index (κ1) is 13.5. The molecule has 2 fully saturated rings. The Kier molecular flexibility index (Phi) is 3.38. The molecule has 0 amide bonds. The average molecular weight is 298 g/mol. The van der Waals surface area contributed by atoms with Gasteiger partial charge in [0.25, 0.3) is 0 Å². The highest BCUT2D eigenvalue weighted by Crippen LogP contribution is 2.37. The minimum Gasteiger partial charge on any atom is -0.486 e. The smallest absolute Gasteiger partial charge is 0.138 e. The summed E-state index contributed by atoms with van der Waals surface area (Å²) in [5.41, 5.74) is -0.113. The van der Waals surface area contributed by atoms with Crippen molar-refractivity contribution in [2.75, 3.05) is 24.6 Å². The van der Waals surface area contributed by atoms with Crippen molar-refractivity contribution in [2.24, 2.45) is 0 Å². The molecule has 0 bridgehead atoms. The fraction of sp³-hybridized carbons (Fsp3) is 0.438. The van der Waals surface area contributed by atoms with E-state index in [0.29, 0.717) is 6.61 Å². The van der Waals surface area contributed by atoms with Crippen LogP contribution in [0.1, 0.15) is 12.8 Å². The quantitative estimate of drug-likeness (QED) is 0.859. The molecular weight excluding hydrogens is 280 g/mol. The van der Waals surface area contributed by atoms with Gasteiger partial charge in [-0.15, -0.1) is 0 Å². The number of hydrogen-bond acceptors (Lipinski definition) is 6. The normalized spacial score (nSPS) is 27.5. The number of hydrogen-bond donors (Lipinski definition) is 0. The lowest BCUT2D eigenvalue weighted by atomic mass is 9.98. The van der Waals surface area contributed by atoms with E-state index in [0.717, 1.165) is 37.5 Å². The Balaban J connectivity index is 1.40. The molecule has 6 heteroatoms. The molecule has 2 aromatic heterocycles. The van der Waals surface area contributed by atoms with Crippen molar-refractivity contribution < 1.29 is 9.47 Å². The second-order valence-electron chi connectivity index (χ2n) is 5.87. The monoisotopic (exact) mass is 298 g/mol. The van der Waals surface area contributed by atoms with E-state index in [1.807, 2.05) is 18.2 Å². The topological polar surface area (TPSA) is 60.4 Å². The van der Waals surface area contributed by atoms with Crippen LogP contribution < -0.4 is 9.64 Å². The summed E-state index contributed by atoms with van der Waals surface area (Å²) in [6, 6.07) is 5.75. The van der Waals surface area contributed by atoms with E-state index in [-0.39, 0.29) is 11.7 Å². The van der Waals surface area contributed by atoms with E-state index < -0.39 is 0 Å². The first-order valence-electron chi connectivity index (χ1n) is 7.55. The fourth-order valence-corrected chi connectivity index (χ4v) is 3.28. The molecule has 2 saturated heterocycles. The fourth-order valence-electron chi connectivity index (χ4n) is 3.28. The summed E-state index contributed by atoms with van der Waals surface area (Å²) in [4.78, 5) is 14.6. The van der Waals surface area contributed by atoms with Gasteiger partial charge >= 0.3 is 0 Å². The van der Waals surface area contributed by atoms with E-state index in [4.69, 9.17) is 9.47 Å². The number of anilines is 1. The van der Waals surface area contributed by atoms with Crippen LogP contribution in [0, 0.1) is 0 Å². The van der Waals surface area contributed by atoms with Crippen molar-refractivity contribution >= 4 is 5.82 Å². The second-order valence-corrected chi connectivity index (χ2v) is 5.87. The SMILES string of the molecule is c1cncc(OC2COC3(CCN(c4ccncn4)C3)C2)c1. The van der Waals surface area contributed by atoms with Crippen molar-refractivity contribution in [1.82, 2.24) is 15.0 Å². The molecule has 2 aromatic rings. The maximum Gasteiger partial charge on any atom is 0.138 e. The molecule has 0 aromatic carbocycles. The van der Waals surface area contributed by atoms with Crippen molar-refractivity contribution in [2.45, 2.75) is 24.5 Å². The third kappa shape index (κ3) is 2.62. The molecule has 1 spiro atoms. The number of pyridine rings is 1. The predicted octanol–water partition coefficient (Wildman–Crippen LogP) is 1.69. The van der Waals surface area contributed by atoms with Crippen molar-refractivity contribution in [3.05, 3.63) is 43.1 Å². The van der Waals surface area contributed by atoms with Gasteiger partial charge in [-0.1, -0.05) is 0 Å². The van der Waals surface area contributed by atoms with Crippen molar-refractivity contribution in [1.29, 1.82) is 0 Å². The van der Waals surface area contributed by atoms with Gasteiger partial charge in [0.15, 0.2) is 0 Å². The van der Waals surface area contributed by atoms with Crippen LogP contribution in [0.2, 0.25) is 0 Å². The van der Waals surface area contributed by atoms with E-state index in [1.165, 1.54) is 0 Å². The lowest BCUT2D eigenvalue weighted by molar-refractivity contribution is 0.0195. The molecule has 2 aliphatic rings. The van der Waals surface area contributed by atoms with E-state index in [9.17, 15) is 0 Å². The molecule has 0 radical (unpaired) electrons. The highest BCUT2D eigenvalue weighted by atomic mass is 16.6. The van der Waals surface area contributed by atoms with Gasteiger partial charge in [-0.25, -0.2) is 9.97 Å². The van der Waals surface area contributed by atoms with Crippen molar-refractivity contribution in [3.8, 4) is 5.75 Å². The summed E-state index contributed by atoms with van der Waals surface area (Å²) >= 11 is 0. The van der Waals surface area contributed by atoms with Gasteiger partial charge in [0.2, 0.25) is 0 Å². The number of ether oxygens (including phenoxy) is 2. The molecule has 2 unspecified atom stereocenters. The van der Waals surface area contributed by atoms with Gasteiger partial charge in [0, 0.05) is 31.9 Å². The van der Waals surface area contributed by atoms with Crippen LogP contribution in [0.5, 0.6) is 5.75 Å². The lowest BCUT2D eigenvalue weighted by Gasteiger charge is -2.23. The summed E-state index contributed by atoms with van der Waals surface area (Å²) in [6.45, 7) is 2.44. The number of nitrogens with zero attached hydrogens (tertiary/aromatic N) is 4. The Bertz CT molecular complexity index is 625. The van der Waals surface area contributed by atoms with Crippen LogP contribution in [-0.2, 0) is 4.74 Å². The van der Waals surface area contributed by atoms with E-state index in [1.54, 1.807) is 24.9 Å². The van der Waals surface area contributed by atoms with Crippen LogP contribution in [0.15, 0.2) is 43.1 Å². The van der Waals surface area contributed by atoms with Crippen LogP contribution in [0.3, 0.4) is 0 Å². The molecule has 0 saturated carbocycles. The molecule has 2 aliphatic heterocycles. The largest absolute Gasteiger partial charge is 0.486 e. The van der Waals surface area contributed by atoms with Gasteiger partial charge in [0.1, 0.15) is 24.0 Å². The van der Waals surface area contributed by atoms with Crippen LogP contribution in [-0.4, -0.2) is 46.4 Å². The summed E-state index contributed by atoms with van der Waals surface area (Å²) in [7, 11) is 0. The molecule has 0 N–H and O–H groups in total. The summed E-state index contributed by atoms with van der Waals surface area (Å²) in [5.74, 6) is 1.77. The average Bonchev–Trinajstić information content (AvgIpc) is 3.17. The van der Waals surface area contributed by atoms with Gasteiger partial charge in [-0.2, -0.15) is 0 Å². The maximum absolute atomic E-state index is 6.11. The lowest BCUT2D eigenvalue weighted by Crippen LogP contribution is -2.33. The Morgan fingerprint density at radius 2 is 2.27 bits per heavy atom. The molecule has 114 valence electrons. The molecule has 4 rings (SSSR count). The Hall–Kier alpha value is -2.21. The third-order valence-electron chi connectivity index (χ3n) is 4.32. The highest BCUT2D eigenvalue weighted by molar-refractivity contribution is 5.39. The zero-order valence-corrected chi connectivity index (χ0v) is 12.3. The third-order valence-corrected chi connectivity index (χ3v) is 4.32. The zero-order valence-electron chi connectivity index (χ0n) is 12.3. The van der Waals surface area contributed by atoms with Crippen LogP contribution >= 0.6 is 0 Å². The summed E-state index contributed by atoms with van der Waals surface area (Å²) in [5, 5.41) is 0. The first-order chi connectivity index (χ1) is 10.8. The Morgan fingerprint density at radius 1 is 1.27 bits per heavy atom. The Labute approximate surface area is 129 Å². The predicted molar refractivity (Wildman–Crippen MR) is 80.8 cm³/mol. The molecule has 6 nitrogen and oxygen atoms in total. The van der Waals surface area contributed by atoms with Gasteiger partial charge in [0.05, 0.1) is 18.4 Å². The van der Waals surface area contributed by atoms with Gasteiger partial charge in [-0.3, -0.25) is 4.98 Å². The zero-order chi connectivity index (χ0) is 14.8. The van der Waals surface area contributed by atoms with E-state index >= 15 is 0 Å². The van der Waals surface area contributed by atoms with Crippen molar-refractivity contribution in [3.63, 3.8) is 0 Å². The van der Waals surface area contributed by atoms with Crippen LogP contribution in [0.4, 0.5) is 5.82 Å². The van der Waals surface area contributed by atoms with E-state index in [2.05, 4.69) is 19.9 Å². The first-order valence-corrected chi connectivity index (χ1v) is 7.55. The second kappa shape index (κ2) is 5.53. The summed E-state index contributed by atoms with van der Waals surface area (Å²) < 4.78 is 12.1. The van der Waals surface area contributed by atoms with Gasteiger partial charge in [-0.05, 0) is 24.6 Å². The Morgan fingerprint density at radius 3 is 3.09 bits per heavy atom. The minimum atomic E-state index is -0.113. The maximum atomic E-state index is 6.11. The number of aromatic nitrogens is 3. The molecular formula is C16H18N4O2. The number of rotatable bonds is 3. The molecule has 22 heavy (non-hydrogen) atoms. The minimum absolute atomic E-state index is 0.0922. The van der Waals surface area contributed by atoms with Gasteiger partial charge < -0.3 is 14.4 Å².